The lowest BCUT2D eigenvalue weighted by atomic mass is 9.87. The van der Waals surface area contributed by atoms with Crippen molar-refractivity contribution in [2.45, 2.75) is 37.3 Å². The zero-order chi connectivity index (χ0) is 26.5. The van der Waals surface area contributed by atoms with Crippen molar-refractivity contribution in [2.24, 2.45) is 0 Å². The Morgan fingerprint density at radius 3 is 2.17 bits per heavy atom. The second-order valence-corrected chi connectivity index (χ2v) is 11.1. The third-order valence-corrected chi connectivity index (χ3v) is 7.17. The molecule has 0 atom stereocenters. The number of sulfonamides is 1. The standard InChI is InChI=1S/C26H23F3N2O4S/c1-25(2,3)16-7-10-19(11-8-16)36(34,35)31-18-9-12-21-20(14-18)22(23(30-21)24(32)33)15-5-4-6-17(13-15)26(27,28)29/h4-14,30-31H,1-3H3,(H,32,33). The normalized spacial score (nSPS) is 12.6. The molecule has 0 spiro atoms. The lowest BCUT2D eigenvalue weighted by molar-refractivity contribution is -0.137. The fraction of sp³-hybridized carbons (Fsp3) is 0.192. The third kappa shape index (κ3) is 4.94. The molecule has 0 radical (unpaired) electrons. The Bertz CT molecular complexity index is 1570. The molecule has 0 aliphatic carbocycles. The van der Waals surface area contributed by atoms with Gasteiger partial charge in [0.1, 0.15) is 5.69 Å². The predicted octanol–water partition coefficient (Wildman–Crippen LogP) is 6.65. The molecule has 4 rings (SSSR count). The molecule has 3 N–H and O–H groups in total. The Morgan fingerprint density at radius 1 is 0.917 bits per heavy atom. The van der Waals surface area contributed by atoms with Gasteiger partial charge in [-0.15, -0.1) is 0 Å². The average molecular weight is 517 g/mol. The van der Waals surface area contributed by atoms with Crippen molar-refractivity contribution in [3.63, 3.8) is 0 Å². The Labute approximate surface area is 205 Å². The maximum Gasteiger partial charge on any atom is 0.416 e. The van der Waals surface area contributed by atoms with Crippen LogP contribution >= 0.6 is 0 Å². The van der Waals surface area contributed by atoms with E-state index < -0.39 is 27.7 Å². The van der Waals surface area contributed by atoms with Crippen LogP contribution < -0.4 is 4.72 Å². The summed E-state index contributed by atoms with van der Waals surface area (Å²) < 4.78 is 68.3. The highest BCUT2D eigenvalue weighted by Gasteiger charge is 2.31. The number of aromatic carboxylic acids is 1. The van der Waals surface area contributed by atoms with E-state index in [4.69, 9.17) is 0 Å². The van der Waals surface area contributed by atoms with Gasteiger partial charge in [-0.1, -0.05) is 45.0 Å². The van der Waals surface area contributed by atoms with Gasteiger partial charge in [-0.25, -0.2) is 13.2 Å². The molecule has 188 valence electrons. The number of carboxylic acids is 1. The van der Waals surface area contributed by atoms with Gasteiger partial charge in [-0.2, -0.15) is 13.2 Å². The number of aromatic nitrogens is 1. The summed E-state index contributed by atoms with van der Waals surface area (Å²) in [7, 11) is -3.98. The maximum atomic E-state index is 13.3. The summed E-state index contributed by atoms with van der Waals surface area (Å²) in [4.78, 5) is 14.6. The molecule has 6 nitrogen and oxygen atoms in total. The first-order valence-electron chi connectivity index (χ1n) is 10.9. The molecule has 0 saturated carbocycles. The van der Waals surface area contributed by atoms with Gasteiger partial charge in [-0.05, 0) is 59.0 Å². The SMILES string of the molecule is CC(C)(C)c1ccc(S(=O)(=O)Nc2ccc3[nH]c(C(=O)O)c(-c4cccc(C(F)(F)F)c4)c3c2)cc1. The van der Waals surface area contributed by atoms with Gasteiger partial charge in [-0.3, -0.25) is 4.72 Å². The van der Waals surface area contributed by atoms with Crippen LogP contribution in [0.3, 0.4) is 0 Å². The summed E-state index contributed by atoms with van der Waals surface area (Å²) in [5.74, 6) is -1.36. The lowest BCUT2D eigenvalue weighted by Gasteiger charge is -2.19. The number of halogens is 3. The van der Waals surface area contributed by atoms with Crippen molar-refractivity contribution in [2.75, 3.05) is 4.72 Å². The first-order valence-corrected chi connectivity index (χ1v) is 12.4. The van der Waals surface area contributed by atoms with Crippen molar-refractivity contribution in [3.05, 3.63) is 83.6 Å². The summed E-state index contributed by atoms with van der Waals surface area (Å²) in [6, 6.07) is 15.1. The van der Waals surface area contributed by atoms with Crippen LogP contribution in [0.1, 0.15) is 42.4 Å². The van der Waals surface area contributed by atoms with E-state index in [9.17, 15) is 31.5 Å². The van der Waals surface area contributed by atoms with Crippen molar-refractivity contribution in [1.29, 1.82) is 0 Å². The van der Waals surface area contributed by atoms with Crippen molar-refractivity contribution >= 4 is 32.6 Å². The first kappa shape index (κ1) is 25.3. The summed E-state index contributed by atoms with van der Waals surface area (Å²) in [6.07, 6.45) is -4.62. The zero-order valence-electron chi connectivity index (χ0n) is 19.6. The fourth-order valence-corrected chi connectivity index (χ4v) is 4.96. The topological polar surface area (TPSA) is 99.3 Å². The number of rotatable bonds is 5. The van der Waals surface area contributed by atoms with Gasteiger partial charge in [0.25, 0.3) is 10.0 Å². The van der Waals surface area contributed by atoms with E-state index in [0.717, 1.165) is 17.7 Å². The van der Waals surface area contributed by atoms with Crippen molar-refractivity contribution in [3.8, 4) is 11.1 Å². The quantitative estimate of drug-likeness (QED) is 0.277. The predicted molar refractivity (Wildman–Crippen MR) is 132 cm³/mol. The first-order chi connectivity index (χ1) is 16.7. The van der Waals surface area contributed by atoms with E-state index in [2.05, 4.69) is 9.71 Å². The number of fused-ring (bicyclic) bond motifs is 1. The highest BCUT2D eigenvalue weighted by Crippen LogP contribution is 2.38. The van der Waals surface area contributed by atoms with E-state index in [0.29, 0.717) is 5.52 Å². The number of H-pyrrole nitrogens is 1. The second kappa shape index (κ2) is 8.70. The highest BCUT2D eigenvalue weighted by molar-refractivity contribution is 7.92. The molecule has 36 heavy (non-hydrogen) atoms. The summed E-state index contributed by atoms with van der Waals surface area (Å²) in [5, 5.41) is 9.94. The number of hydrogen-bond acceptors (Lipinski definition) is 3. The van der Waals surface area contributed by atoms with Crippen LogP contribution in [0, 0.1) is 0 Å². The molecule has 0 unspecified atom stereocenters. The van der Waals surface area contributed by atoms with Crippen LogP contribution in [0.2, 0.25) is 0 Å². The minimum Gasteiger partial charge on any atom is -0.477 e. The molecule has 0 amide bonds. The Morgan fingerprint density at radius 2 is 1.58 bits per heavy atom. The molecular formula is C26H23F3N2O4S. The molecule has 0 fully saturated rings. The summed E-state index contributed by atoms with van der Waals surface area (Å²) >= 11 is 0. The number of carbonyl (C=O) groups is 1. The van der Waals surface area contributed by atoms with Crippen molar-refractivity contribution in [1.82, 2.24) is 4.98 Å². The molecular weight excluding hydrogens is 493 g/mol. The minimum absolute atomic E-state index is 0.0270. The Balaban J connectivity index is 1.78. The molecule has 1 aromatic heterocycles. The number of nitrogens with one attached hydrogen (secondary N) is 2. The van der Waals surface area contributed by atoms with Gasteiger partial charge in [0.15, 0.2) is 0 Å². The number of hydrogen-bond donors (Lipinski definition) is 3. The third-order valence-electron chi connectivity index (χ3n) is 5.77. The number of aromatic amines is 1. The van der Waals surface area contributed by atoms with Gasteiger partial charge in [0, 0.05) is 22.2 Å². The van der Waals surface area contributed by atoms with Gasteiger partial charge in [0.2, 0.25) is 0 Å². The molecule has 0 aliphatic rings. The van der Waals surface area contributed by atoms with Crippen LogP contribution in [0.5, 0.6) is 0 Å². The zero-order valence-corrected chi connectivity index (χ0v) is 20.4. The van der Waals surface area contributed by atoms with Crippen LogP contribution in [0.15, 0.2) is 71.6 Å². The van der Waals surface area contributed by atoms with Gasteiger partial charge >= 0.3 is 12.1 Å². The van der Waals surface area contributed by atoms with Gasteiger partial charge < -0.3 is 10.1 Å². The van der Waals surface area contributed by atoms with E-state index in [-0.39, 0.29) is 38.2 Å². The van der Waals surface area contributed by atoms with Crippen LogP contribution in [-0.4, -0.2) is 24.5 Å². The smallest absolute Gasteiger partial charge is 0.416 e. The van der Waals surface area contributed by atoms with Crippen LogP contribution in [-0.2, 0) is 21.6 Å². The highest BCUT2D eigenvalue weighted by atomic mass is 32.2. The van der Waals surface area contributed by atoms with E-state index in [1.165, 1.54) is 42.5 Å². The molecule has 0 bridgehead atoms. The van der Waals surface area contributed by atoms with Crippen LogP contribution in [0.4, 0.5) is 18.9 Å². The average Bonchev–Trinajstić information content (AvgIpc) is 3.17. The summed E-state index contributed by atoms with van der Waals surface area (Å²) in [6.45, 7) is 6.02. The molecule has 0 aliphatic heterocycles. The molecule has 1 heterocycles. The summed E-state index contributed by atoms with van der Waals surface area (Å²) in [5.41, 5.74) is 0.0937. The van der Waals surface area contributed by atoms with E-state index in [1.807, 2.05) is 20.8 Å². The Kier molecular flexibility index (Phi) is 6.12. The maximum absolute atomic E-state index is 13.3. The number of carboxylic acid groups (broad SMARTS) is 1. The van der Waals surface area contributed by atoms with E-state index >= 15 is 0 Å². The molecule has 10 heteroatoms. The fourth-order valence-electron chi connectivity index (χ4n) is 3.91. The monoisotopic (exact) mass is 516 g/mol. The second-order valence-electron chi connectivity index (χ2n) is 9.40. The number of benzene rings is 3. The van der Waals surface area contributed by atoms with Gasteiger partial charge in [0.05, 0.1) is 10.5 Å². The number of alkyl halides is 3. The minimum atomic E-state index is -4.62. The van der Waals surface area contributed by atoms with Crippen LogP contribution in [0.25, 0.3) is 22.0 Å². The molecule has 4 aromatic rings. The largest absolute Gasteiger partial charge is 0.477 e. The van der Waals surface area contributed by atoms with E-state index in [1.54, 1.807) is 12.1 Å². The molecule has 3 aromatic carbocycles. The number of anilines is 1. The Hall–Kier alpha value is -3.79. The van der Waals surface area contributed by atoms with Crippen molar-refractivity contribution < 1.29 is 31.5 Å². The lowest BCUT2D eigenvalue weighted by Crippen LogP contribution is -2.14. The molecule has 0 saturated heterocycles.